The van der Waals surface area contributed by atoms with Crippen molar-refractivity contribution in [1.29, 1.82) is 0 Å². The average molecular weight is 221 g/mol. The molecule has 0 aromatic heterocycles. The Balaban J connectivity index is 2.52. The Kier molecular flexibility index (Phi) is 5.50. The number of methoxy groups -OCH3 is 1. The first kappa shape index (κ1) is 13.2. The fraction of sp³-hybridized carbons (Fsp3) is 0.571. The summed E-state index contributed by atoms with van der Waals surface area (Å²) in [5, 5.41) is 3.55. The quantitative estimate of drug-likeness (QED) is 0.797. The van der Waals surface area contributed by atoms with Gasteiger partial charge in [-0.25, -0.2) is 0 Å². The van der Waals surface area contributed by atoms with Gasteiger partial charge in [0.1, 0.15) is 0 Å². The SMILES string of the molecule is COCC(NCc1ccccc1C)C(C)C. The average Bonchev–Trinajstić information content (AvgIpc) is 2.26. The Bertz CT molecular complexity index is 309. The van der Waals surface area contributed by atoms with E-state index in [-0.39, 0.29) is 0 Å². The third-order valence-corrected chi connectivity index (χ3v) is 2.97. The zero-order valence-electron chi connectivity index (χ0n) is 10.8. The Hall–Kier alpha value is -0.860. The maximum absolute atomic E-state index is 5.22. The van der Waals surface area contributed by atoms with Gasteiger partial charge in [0.05, 0.1) is 6.61 Å². The third kappa shape index (κ3) is 3.95. The molecule has 1 rings (SSSR count). The molecule has 1 unspecified atom stereocenters. The summed E-state index contributed by atoms with van der Waals surface area (Å²) in [5.74, 6) is 0.587. The molecule has 0 amide bonds. The summed E-state index contributed by atoms with van der Waals surface area (Å²) in [6.45, 7) is 8.27. The van der Waals surface area contributed by atoms with E-state index in [1.165, 1.54) is 11.1 Å². The minimum atomic E-state index is 0.421. The van der Waals surface area contributed by atoms with E-state index in [9.17, 15) is 0 Å². The van der Waals surface area contributed by atoms with Crippen molar-refractivity contribution in [3.8, 4) is 0 Å². The van der Waals surface area contributed by atoms with Gasteiger partial charge in [0.2, 0.25) is 0 Å². The summed E-state index contributed by atoms with van der Waals surface area (Å²) in [5.41, 5.74) is 2.71. The maximum atomic E-state index is 5.22. The van der Waals surface area contributed by atoms with Gasteiger partial charge in [0.25, 0.3) is 0 Å². The number of benzene rings is 1. The molecule has 2 nitrogen and oxygen atoms in total. The van der Waals surface area contributed by atoms with Crippen molar-refractivity contribution in [3.63, 3.8) is 0 Å². The van der Waals surface area contributed by atoms with Gasteiger partial charge in [-0.05, 0) is 24.0 Å². The van der Waals surface area contributed by atoms with Crippen LogP contribution in [-0.2, 0) is 11.3 Å². The lowest BCUT2D eigenvalue weighted by Crippen LogP contribution is -2.37. The number of hydrogen-bond donors (Lipinski definition) is 1. The highest BCUT2D eigenvalue weighted by molar-refractivity contribution is 5.25. The highest BCUT2D eigenvalue weighted by atomic mass is 16.5. The number of nitrogens with one attached hydrogen (secondary N) is 1. The summed E-state index contributed by atoms with van der Waals surface area (Å²) in [6, 6.07) is 8.91. The molecule has 0 bridgehead atoms. The Morgan fingerprint density at radius 1 is 1.25 bits per heavy atom. The Morgan fingerprint density at radius 3 is 2.50 bits per heavy atom. The zero-order chi connectivity index (χ0) is 12.0. The lowest BCUT2D eigenvalue weighted by molar-refractivity contribution is 0.146. The van der Waals surface area contributed by atoms with Gasteiger partial charge in [0, 0.05) is 19.7 Å². The van der Waals surface area contributed by atoms with Gasteiger partial charge in [-0.15, -0.1) is 0 Å². The molecule has 1 atom stereocenters. The smallest absolute Gasteiger partial charge is 0.0618 e. The molecule has 0 aliphatic rings. The van der Waals surface area contributed by atoms with Crippen LogP contribution in [0.15, 0.2) is 24.3 Å². The second-order valence-electron chi connectivity index (χ2n) is 4.61. The van der Waals surface area contributed by atoms with Gasteiger partial charge >= 0.3 is 0 Å². The van der Waals surface area contributed by atoms with E-state index < -0.39 is 0 Å². The molecule has 1 N–H and O–H groups in total. The van der Waals surface area contributed by atoms with Crippen molar-refractivity contribution in [1.82, 2.24) is 5.32 Å². The standard InChI is InChI=1S/C14H23NO/c1-11(2)14(10-16-4)15-9-13-8-6-5-7-12(13)3/h5-8,11,14-15H,9-10H2,1-4H3. The molecule has 1 aromatic rings. The molecular formula is C14H23NO. The fourth-order valence-electron chi connectivity index (χ4n) is 1.72. The topological polar surface area (TPSA) is 21.3 Å². The van der Waals surface area contributed by atoms with Gasteiger partial charge < -0.3 is 10.1 Å². The van der Waals surface area contributed by atoms with Crippen LogP contribution in [0.25, 0.3) is 0 Å². The molecule has 0 saturated heterocycles. The van der Waals surface area contributed by atoms with Crippen LogP contribution in [0.1, 0.15) is 25.0 Å². The van der Waals surface area contributed by atoms with Crippen LogP contribution < -0.4 is 5.32 Å². The molecular weight excluding hydrogens is 198 g/mol. The number of aryl methyl sites for hydroxylation is 1. The normalized spacial score (nSPS) is 13.1. The minimum Gasteiger partial charge on any atom is -0.383 e. The van der Waals surface area contributed by atoms with Crippen LogP contribution in [0.5, 0.6) is 0 Å². The van der Waals surface area contributed by atoms with Crippen molar-refractivity contribution < 1.29 is 4.74 Å². The van der Waals surface area contributed by atoms with E-state index in [0.29, 0.717) is 12.0 Å². The van der Waals surface area contributed by atoms with Crippen LogP contribution in [0.4, 0.5) is 0 Å². The maximum Gasteiger partial charge on any atom is 0.0618 e. The number of ether oxygens (including phenoxy) is 1. The van der Waals surface area contributed by atoms with Crippen LogP contribution in [0, 0.1) is 12.8 Å². The number of hydrogen-bond acceptors (Lipinski definition) is 2. The second-order valence-corrected chi connectivity index (χ2v) is 4.61. The molecule has 0 spiro atoms. The fourth-order valence-corrected chi connectivity index (χ4v) is 1.72. The molecule has 0 aliphatic carbocycles. The first-order chi connectivity index (χ1) is 7.65. The monoisotopic (exact) mass is 221 g/mol. The molecule has 0 heterocycles. The predicted molar refractivity (Wildman–Crippen MR) is 68.5 cm³/mol. The van der Waals surface area contributed by atoms with E-state index in [0.717, 1.165) is 13.2 Å². The summed E-state index contributed by atoms with van der Waals surface area (Å²) in [7, 11) is 1.75. The molecule has 0 fully saturated rings. The molecule has 90 valence electrons. The van der Waals surface area contributed by atoms with E-state index >= 15 is 0 Å². The van der Waals surface area contributed by atoms with Crippen LogP contribution in [0.3, 0.4) is 0 Å². The highest BCUT2D eigenvalue weighted by Crippen LogP contribution is 2.08. The van der Waals surface area contributed by atoms with E-state index in [4.69, 9.17) is 4.74 Å². The number of rotatable bonds is 6. The van der Waals surface area contributed by atoms with Crippen molar-refractivity contribution in [2.75, 3.05) is 13.7 Å². The molecule has 16 heavy (non-hydrogen) atoms. The first-order valence-corrected chi connectivity index (χ1v) is 5.92. The Morgan fingerprint density at radius 2 is 1.94 bits per heavy atom. The van der Waals surface area contributed by atoms with Crippen molar-refractivity contribution in [2.45, 2.75) is 33.4 Å². The molecule has 2 heteroatoms. The summed E-state index contributed by atoms with van der Waals surface area (Å²) < 4.78 is 5.22. The zero-order valence-corrected chi connectivity index (χ0v) is 10.8. The van der Waals surface area contributed by atoms with Crippen LogP contribution in [0.2, 0.25) is 0 Å². The third-order valence-electron chi connectivity index (χ3n) is 2.97. The minimum absolute atomic E-state index is 0.421. The van der Waals surface area contributed by atoms with E-state index in [1.807, 2.05) is 0 Å². The molecule has 1 aromatic carbocycles. The van der Waals surface area contributed by atoms with Crippen LogP contribution in [-0.4, -0.2) is 19.8 Å². The van der Waals surface area contributed by atoms with Gasteiger partial charge in [-0.3, -0.25) is 0 Å². The lowest BCUT2D eigenvalue weighted by atomic mass is 10.0. The predicted octanol–water partition coefficient (Wildman–Crippen LogP) is 2.76. The molecule has 0 aliphatic heterocycles. The highest BCUT2D eigenvalue weighted by Gasteiger charge is 2.12. The van der Waals surface area contributed by atoms with Crippen molar-refractivity contribution >= 4 is 0 Å². The molecule has 0 saturated carbocycles. The molecule has 0 radical (unpaired) electrons. The van der Waals surface area contributed by atoms with Gasteiger partial charge in [-0.1, -0.05) is 38.1 Å². The summed E-state index contributed by atoms with van der Waals surface area (Å²) >= 11 is 0. The second kappa shape index (κ2) is 6.66. The van der Waals surface area contributed by atoms with Crippen LogP contribution >= 0.6 is 0 Å². The van der Waals surface area contributed by atoms with E-state index in [2.05, 4.69) is 50.4 Å². The largest absolute Gasteiger partial charge is 0.383 e. The summed E-state index contributed by atoms with van der Waals surface area (Å²) in [4.78, 5) is 0. The summed E-state index contributed by atoms with van der Waals surface area (Å²) in [6.07, 6.45) is 0. The van der Waals surface area contributed by atoms with E-state index in [1.54, 1.807) is 7.11 Å². The Labute approximate surface area is 99.0 Å². The van der Waals surface area contributed by atoms with Gasteiger partial charge in [0.15, 0.2) is 0 Å². The first-order valence-electron chi connectivity index (χ1n) is 5.92. The van der Waals surface area contributed by atoms with Crippen molar-refractivity contribution in [2.24, 2.45) is 5.92 Å². The van der Waals surface area contributed by atoms with Gasteiger partial charge in [-0.2, -0.15) is 0 Å². The van der Waals surface area contributed by atoms with Crippen molar-refractivity contribution in [3.05, 3.63) is 35.4 Å². The lowest BCUT2D eigenvalue weighted by Gasteiger charge is -2.22.